The molecule has 23 heavy (non-hydrogen) atoms. The van der Waals surface area contributed by atoms with Crippen LogP contribution in [0.5, 0.6) is 11.5 Å². The minimum Gasteiger partial charge on any atom is -0.486 e. The minimum absolute atomic E-state index is 0.0133. The number of carbonyl (C=O) groups excluding carboxylic acids is 1. The second-order valence-corrected chi connectivity index (χ2v) is 6.98. The summed E-state index contributed by atoms with van der Waals surface area (Å²) in [5.41, 5.74) is 0.912. The maximum Gasteiger partial charge on any atom is 0.317 e. The van der Waals surface area contributed by atoms with Gasteiger partial charge in [-0.3, -0.25) is 0 Å². The summed E-state index contributed by atoms with van der Waals surface area (Å²) in [7, 11) is 0. The molecule has 0 aliphatic carbocycles. The van der Waals surface area contributed by atoms with Gasteiger partial charge in [0.1, 0.15) is 13.2 Å². The molecule has 2 heterocycles. The zero-order valence-corrected chi connectivity index (χ0v) is 14.1. The highest BCUT2D eigenvalue weighted by molar-refractivity contribution is 5.75. The van der Waals surface area contributed by atoms with E-state index in [4.69, 9.17) is 9.47 Å². The maximum absolute atomic E-state index is 12.2. The first-order valence-corrected chi connectivity index (χ1v) is 8.14. The molecule has 2 aliphatic rings. The Morgan fingerprint density at radius 3 is 2.35 bits per heavy atom. The van der Waals surface area contributed by atoms with E-state index in [0.717, 1.165) is 43.4 Å². The van der Waals surface area contributed by atoms with E-state index in [1.54, 1.807) is 0 Å². The molecule has 1 N–H and O–H groups in total. The van der Waals surface area contributed by atoms with Crippen LogP contribution in [0.2, 0.25) is 0 Å². The first-order chi connectivity index (χ1) is 10.9. The number of fused-ring (bicyclic) bond motifs is 1. The van der Waals surface area contributed by atoms with Gasteiger partial charge < -0.3 is 24.6 Å². The summed E-state index contributed by atoms with van der Waals surface area (Å²) in [6.07, 6.45) is 0. The summed E-state index contributed by atoms with van der Waals surface area (Å²) in [6.45, 7) is 10.3. The number of carbonyl (C=O) groups is 1. The van der Waals surface area contributed by atoms with Crippen molar-refractivity contribution in [2.75, 3.05) is 44.3 Å². The van der Waals surface area contributed by atoms with Crippen LogP contribution in [-0.2, 0) is 0 Å². The van der Waals surface area contributed by atoms with Crippen molar-refractivity contribution in [1.82, 2.24) is 10.2 Å². The van der Waals surface area contributed by atoms with Gasteiger partial charge in [-0.1, -0.05) is 0 Å². The van der Waals surface area contributed by atoms with Gasteiger partial charge in [-0.2, -0.15) is 0 Å². The fourth-order valence-electron chi connectivity index (χ4n) is 2.80. The van der Waals surface area contributed by atoms with Crippen molar-refractivity contribution in [1.29, 1.82) is 0 Å². The van der Waals surface area contributed by atoms with Crippen LogP contribution in [0.15, 0.2) is 18.2 Å². The number of urea groups is 1. The van der Waals surface area contributed by atoms with Gasteiger partial charge in [0.15, 0.2) is 11.5 Å². The number of piperazine rings is 1. The normalized spacial score (nSPS) is 17.9. The third-order valence-corrected chi connectivity index (χ3v) is 3.94. The van der Waals surface area contributed by atoms with Crippen LogP contribution < -0.4 is 19.7 Å². The molecule has 0 aromatic heterocycles. The number of ether oxygens (including phenoxy) is 2. The molecule has 1 aromatic rings. The number of hydrogen-bond acceptors (Lipinski definition) is 4. The average molecular weight is 319 g/mol. The van der Waals surface area contributed by atoms with Crippen molar-refractivity contribution in [3.05, 3.63) is 18.2 Å². The lowest BCUT2D eigenvalue weighted by Gasteiger charge is -2.37. The summed E-state index contributed by atoms with van der Waals surface area (Å²) < 4.78 is 11.2. The number of hydrogen-bond donors (Lipinski definition) is 1. The molecule has 2 aliphatic heterocycles. The van der Waals surface area contributed by atoms with Crippen molar-refractivity contribution in [2.45, 2.75) is 26.3 Å². The van der Waals surface area contributed by atoms with Crippen LogP contribution in [0.4, 0.5) is 10.5 Å². The van der Waals surface area contributed by atoms with Crippen LogP contribution in [0, 0.1) is 0 Å². The topological polar surface area (TPSA) is 54.0 Å². The van der Waals surface area contributed by atoms with Crippen molar-refractivity contribution in [3.8, 4) is 11.5 Å². The van der Waals surface area contributed by atoms with Crippen LogP contribution in [-0.4, -0.2) is 55.9 Å². The molecule has 6 heteroatoms. The first-order valence-electron chi connectivity index (χ1n) is 8.14. The van der Waals surface area contributed by atoms with E-state index in [9.17, 15) is 4.79 Å². The van der Waals surface area contributed by atoms with Gasteiger partial charge in [0, 0.05) is 43.5 Å². The molecule has 3 rings (SSSR count). The molecular weight excluding hydrogens is 294 g/mol. The highest BCUT2D eigenvalue weighted by Gasteiger charge is 2.24. The monoisotopic (exact) mass is 319 g/mol. The van der Waals surface area contributed by atoms with Crippen LogP contribution >= 0.6 is 0 Å². The molecule has 126 valence electrons. The van der Waals surface area contributed by atoms with Crippen molar-refractivity contribution >= 4 is 11.7 Å². The fourth-order valence-corrected chi connectivity index (χ4v) is 2.80. The van der Waals surface area contributed by atoms with E-state index < -0.39 is 0 Å². The molecule has 2 amide bonds. The molecule has 0 saturated carbocycles. The van der Waals surface area contributed by atoms with E-state index in [1.807, 2.05) is 37.8 Å². The lowest BCUT2D eigenvalue weighted by atomic mass is 10.1. The maximum atomic E-state index is 12.2. The standard InChI is InChI=1S/C17H25N3O3/c1-17(2,3)18-16(21)20-8-6-19(7-9-20)13-4-5-14-15(12-13)23-11-10-22-14/h4-5,12H,6-11H2,1-3H3,(H,18,21). The van der Waals surface area contributed by atoms with E-state index in [2.05, 4.69) is 16.3 Å². The Balaban J connectivity index is 1.60. The van der Waals surface area contributed by atoms with Crippen LogP contribution in [0.25, 0.3) is 0 Å². The third-order valence-electron chi connectivity index (χ3n) is 3.94. The molecule has 0 radical (unpaired) electrons. The number of benzene rings is 1. The van der Waals surface area contributed by atoms with Crippen LogP contribution in [0.3, 0.4) is 0 Å². The Morgan fingerprint density at radius 2 is 1.70 bits per heavy atom. The Hall–Kier alpha value is -2.11. The first kappa shape index (κ1) is 15.8. The van der Waals surface area contributed by atoms with Gasteiger partial charge >= 0.3 is 6.03 Å². The number of nitrogens with zero attached hydrogens (tertiary/aromatic N) is 2. The van der Waals surface area contributed by atoms with Crippen LogP contribution in [0.1, 0.15) is 20.8 Å². The summed E-state index contributed by atoms with van der Waals surface area (Å²) in [6, 6.07) is 6.06. The van der Waals surface area contributed by atoms with Crippen molar-refractivity contribution in [3.63, 3.8) is 0 Å². The number of amides is 2. The van der Waals surface area contributed by atoms with E-state index >= 15 is 0 Å². The van der Waals surface area contributed by atoms with Gasteiger partial charge in [-0.05, 0) is 32.9 Å². The molecule has 0 unspecified atom stereocenters. The molecule has 1 saturated heterocycles. The summed E-state index contributed by atoms with van der Waals surface area (Å²) in [5.74, 6) is 1.62. The van der Waals surface area contributed by atoms with Gasteiger partial charge in [0.2, 0.25) is 0 Å². The quantitative estimate of drug-likeness (QED) is 0.861. The van der Waals surface area contributed by atoms with Gasteiger partial charge in [0.05, 0.1) is 0 Å². The average Bonchev–Trinajstić information content (AvgIpc) is 2.53. The molecule has 1 aromatic carbocycles. The van der Waals surface area contributed by atoms with E-state index in [-0.39, 0.29) is 11.6 Å². The minimum atomic E-state index is -0.204. The highest BCUT2D eigenvalue weighted by Crippen LogP contribution is 2.34. The Morgan fingerprint density at radius 1 is 1.04 bits per heavy atom. The predicted octanol–water partition coefficient (Wildman–Crippen LogP) is 2.09. The number of nitrogens with one attached hydrogen (secondary N) is 1. The van der Waals surface area contributed by atoms with Crippen molar-refractivity contribution < 1.29 is 14.3 Å². The lowest BCUT2D eigenvalue weighted by Crippen LogP contribution is -2.55. The summed E-state index contributed by atoms with van der Waals surface area (Å²) in [5, 5.41) is 3.02. The second kappa shape index (κ2) is 6.18. The highest BCUT2D eigenvalue weighted by atomic mass is 16.6. The smallest absolute Gasteiger partial charge is 0.317 e. The van der Waals surface area contributed by atoms with Gasteiger partial charge in [-0.25, -0.2) is 4.79 Å². The van der Waals surface area contributed by atoms with Gasteiger partial charge in [0.25, 0.3) is 0 Å². The molecule has 6 nitrogen and oxygen atoms in total. The molecule has 0 spiro atoms. The second-order valence-electron chi connectivity index (χ2n) is 6.98. The molecule has 1 fully saturated rings. The zero-order valence-electron chi connectivity index (χ0n) is 14.1. The van der Waals surface area contributed by atoms with Crippen molar-refractivity contribution in [2.24, 2.45) is 0 Å². The number of rotatable bonds is 1. The Labute approximate surface area is 137 Å². The summed E-state index contributed by atoms with van der Waals surface area (Å²) in [4.78, 5) is 16.4. The molecule has 0 bridgehead atoms. The largest absolute Gasteiger partial charge is 0.486 e. The number of anilines is 1. The predicted molar refractivity (Wildman–Crippen MR) is 89.5 cm³/mol. The Kier molecular flexibility index (Phi) is 4.24. The lowest BCUT2D eigenvalue weighted by molar-refractivity contribution is 0.171. The molecular formula is C17H25N3O3. The Bertz CT molecular complexity index is 575. The van der Waals surface area contributed by atoms with E-state index in [1.165, 1.54) is 0 Å². The SMILES string of the molecule is CC(C)(C)NC(=O)N1CCN(c2ccc3c(c2)OCCO3)CC1. The molecule has 0 atom stereocenters. The fraction of sp³-hybridized carbons (Fsp3) is 0.588. The summed E-state index contributed by atoms with van der Waals surface area (Å²) >= 11 is 0. The zero-order chi connectivity index (χ0) is 16.4. The third kappa shape index (κ3) is 3.81. The van der Waals surface area contributed by atoms with E-state index in [0.29, 0.717) is 13.2 Å². The van der Waals surface area contributed by atoms with Gasteiger partial charge in [-0.15, -0.1) is 0 Å².